The normalized spacial score (nSPS) is 15.4. The topological polar surface area (TPSA) is 69.4 Å². The molecule has 0 amide bonds. The van der Waals surface area contributed by atoms with Crippen molar-refractivity contribution in [2.24, 2.45) is 0 Å². The van der Waals surface area contributed by atoms with Crippen LogP contribution in [0, 0.1) is 5.82 Å². The number of hydrogen-bond donors (Lipinski definition) is 1. The molecular formula is C15H12FNO3S. The molecule has 21 heavy (non-hydrogen) atoms. The number of fused-ring (bicyclic) bond motifs is 1. The van der Waals surface area contributed by atoms with Crippen LogP contribution in [0.3, 0.4) is 0 Å². The van der Waals surface area contributed by atoms with E-state index >= 15 is 0 Å². The van der Waals surface area contributed by atoms with E-state index in [0.29, 0.717) is 17.0 Å². The first-order chi connectivity index (χ1) is 9.98. The maximum absolute atomic E-state index is 12.8. The minimum absolute atomic E-state index is 0.123. The van der Waals surface area contributed by atoms with Crippen molar-refractivity contribution < 1.29 is 17.5 Å². The fourth-order valence-electron chi connectivity index (χ4n) is 2.13. The molecule has 3 rings (SSSR count). The SMILES string of the molecule is Nc1cccc2c1C=C(COc1ccc(F)cc1)S2(=O)=O. The van der Waals surface area contributed by atoms with Gasteiger partial charge in [0, 0.05) is 11.3 Å². The van der Waals surface area contributed by atoms with Crippen LogP contribution >= 0.6 is 0 Å². The molecule has 0 unspecified atom stereocenters. The van der Waals surface area contributed by atoms with E-state index in [0.717, 1.165) is 0 Å². The van der Waals surface area contributed by atoms with E-state index in [4.69, 9.17) is 10.5 Å². The van der Waals surface area contributed by atoms with Gasteiger partial charge in [0.1, 0.15) is 18.2 Å². The summed E-state index contributed by atoms with van der Waals surface area (Å²) in [6, 6.07) is 10.2. The highest BCUT2D eigenvalue weighted by molar-refractivity contribution is 7.95. The molecule has 0 fully saturated rings. The summed E-state index contributed by atoms with van der Waals surface area (Å²) >= 11 is 0. The molecule has 1 heterocycles. The zero-order valence-corrected chi connectivity index (χ0v) is 11.7. The van der Waals surface area contributed by atoms with Crippen molar-refractivity contribution in [3.63, 3.8) is 0 Å². The van der Waals surface area contributed by atoms with E-state index in [-0.39, 0.29) is 22.2 Å². The predicted molar refractivity (Wildman–Crippen MR) is 77.9 cm³/mol. The van der Waals surface area contributed by atoms with E-state index in [1.807, 2.05) is 0 Å². The number of nitrogen functional groups attached to an aromatic ring is 1. The van der Waals surface area contributed by atoms with Crippen LogP contribution in [-0.4, -0.2) is 15.0 Å². The Morgan fingerprint density at radius 1 is 1.10 bits per heavy atom. The Morgan fingerprint density at radius 3 is 2.48 bits per heavy atom. The minimum Gasteiger partial charge on any atom is -0.488 e. The summed E-state index contributed by atoms with van der Waals surface area (Å²) in [5, 5.41) is 0. The third kappa shape index (κ3) is 2.38. The predicted octanol–water partition coefficient (Wildman–Crippen LogP) is 2.62. The van der Waals surface area contributed by atoms with Crippen LogP contribution in [0.4, 0.5) is 10.1 Å². The molecule has 0 aromatic heterocycles. The Labute approximate surface area is 121 Å². The van der Waals surface area contributed by atoms with Crippen LogP contribution < -0.4 is 10.5 Å². The van der Waals surface area contributed by atoms with E-state index in [9.17, 15) is 12.8 Å². The number of halogens is 1. The fraction of sp³-hybridized carbons (Fsp3) is 0.0667. The Morgan fingerprint density at radius 2 is 1.81 bits per heavy atom. The molecule has 4 nitrogen and oxygen atoms in total. The highest BCUT2D eigenvalue weighted by atomic mass is 32.2. The van der Waals surface area contributed by atoms with Gasteiger partial charge in [-0.05, 0) is 42.5 Å². The van der Waals surface area contributed by atoms with E-state index in [2.05, 4.69) is 0 Å². The first-order valence-corrected chi connectivity index (χ1v) is 7.69. The highest BCUT2D eigenvalue weighted by Crippen LogP contribution is 2.36. The molecule has 1 aliphatic heterocycles. The van der Waals surface area contributed by atoms with Crippen molar-refractivity contribution in [2.45, 2.75) is 4.90 Å². The summed E-state index contributed by atoms with van der Waals surface area (Å²) in [5.74, 6) is 0.0201. The summed E-state index contributed by atoms with van der Waals surface area (Å²) in [5.41, 5.74) is 6.69. The minimum atomic E-state index is -3.57. The number of hydrogen-bond acceptors (Lipinski definition) is 4. The lowest BCUT2D eigenvalue weighted by Crippen LogP contribution is -2.09. The van der Waals surface area contributed by atoms with Crippen LogP contribution in [0.5, 0.6) is 5.75 Å². The highest BCUT2D eigenvalue weighted by Gasteiger charge is 2.30. The van der Waals surface area contributed by atoms with Crippen LogP contribution in [0.25, 0.3) is 6.08 Å². The van der Waals surface area contributed by atoms with Crippen molar-refractivity contribution in [1.82, 2.24) is 0 Å². The van der Waals surface area contributed by atoms with E-state index in [1.165, 1.54) is 36.4 Å². The van der Waals surface area contributed by atoms with E-state index < -0.39 is 9.84 Å². The van der Waals surface area contributed by atoms with Crippen molar-refractivity contribution in [3.8, 4) is 5.75 Å². The summed E-state index contributed by atoms with van der Waals surface area (Å²) in [6.45, 7) is -0.123. The Bertz CT molecular complexity index is 826. The lowest BCUT2D eigenvalue weighted by Gasteiger charge is -2.07. The molecule has 0 saturated heterocycles. The summed E-state index contributed by atoms with van der Waals surface area (Å²) in [7, 11) is -3.57. The van der Waals surface area contributed by atoms with Crippen molar-refractivity contribution in [3.05, 3.63) is 58.8 Å². The number of anilines is 1. The second-order valence-corrected chi connectivity index (χ2v) is 6.59. The number of ether oxygens (including phenoxy) is 1. The van der Waals surface area contributed by atoms with Gasteiger partial charge < -0.3 is 10.5 Å². The molecule has 2 N–H and O–H groups in total. The molecule has 108 valence electrons. The monoisotopic (exact) mass is 305 g/mol. The quantitative estimate of drug-likeness (QED) is 0.885. The molecule has 0 atom stereocenters. The zero-order valence-electron chi connectivity index (χ0n) is 10.9. The molecule has 2 aromatic rings. The second kappa shape index (κ2) is 4.89. The number of benzene rings is 2. The molecular weight excluding hydrogens is 293 g/mol. The maximum atomic E-state index is 12.8. The summed E-state index contributed by atoms with van der Waals surface area (Å²) in [4.78, 5) is 0.333. The summed E-state index contributed by atoms with van der Waals surface area (Å²) in [6.07, 6.45) is 1.52. The smallest absolute Gasteiger partial charge is 0.206 e. The third-order valence-electron chi connectivity index (χ3n) is 3.23. The lowest BCUT2D eigenvalue weighted by atomic mass is 10.2. The van der Waals surface area contributed by atoms with Crippen LogP contribution in [-0.2, 0) is 9.84 Å². The third-order valence-corrected chi connectivity index (χ3v) is 5.10. The van der Waals surface area contributed by atoms with Crippen molar-refractivity contribution in [2.75, 3.05) is 12.3 Å². The van der Waals surface area contributed by atoms with Gasteiger partial charge >= 0.3 is 0 Å². The standard InChI is InChI=1S/C15H12FNO3S/c16-10-4-6-11(7-5-10)20-9-12-8-13-14(17)2-1-3-15(13)21(12,18)19/h1-8H,9,17H2. The van der Waals surface area contributed by atoms with Gasteiger partial charge in [-0.25, -0.2) is 12.8 Å². The van der Waals surface area contributed by atoms with Gasteiger partial charge in [-0.15, -0.1) is 0 Å². The number of sulfone groups is 1. The first kappa shape index (κ1) is 13.6. The maximum Gasteiger partial charge on any atom is 0.206 e. The fourth-order valence-corrected chi connectivity index (χ4v) is 3.63. The molecule has 0 radical (unpaired) electrons. The van der Waals surface area contributed by atoms with Gasteiger partial charge in [-0.2, -0.15) is 0 Å². The largest absolute Gasteiger partial charge is 0.488 e. The molecule has 0 aliphatic carbocycles. The molecule has 0 spiro atoms. The van der Waals surface area contributed by atoms with E-state index in [1.54, 1.807) is 12.1 Å². The molecule has 0 saturated carbocycles. The number of rotatable bonds is 3. The molecule has 2 aromatic carbocycles. The van der Waals surface area contributed by atoms with Crippen LogP contribution in [0.1, 0.15) is 5.56 Å². The van der Waals surface area contributed by atoms with Crippen molar-refractivity contribution in [1.29, 1.82) is 0 Å². The van der Waals surface area contributed by atoms with Gasteiger partial charge in [0.2, 0.25) is 9.84 Å². The molecule has 6 heteroatoms. The van der Waals surface area contributed by atoms with Gasteiger partial charge in [0.05, 0.1) is 9.80 Å². The van der Waals surface area contributed by atoms with Crippen LogP contribution in [0.15, 0.2) is 52.3 Å². The van der Waals surface area contributed by atoms with Crippen molar-refractivity contribution >= 4 is 21.6 Å². The molecule has 1 aliphatic rings. The van der Waals surface area contributed by atoms with Gasteiger partial charge in [0.25, 0.3) is 0 Å². The average Bonchev–Trinajstić information content (AvgIpc) is 2.71. The summed E-state index contributed by atoms with van der Waals surface area (Å²) < 4.78 is 42.9. The Hall–Kier alpha value is -2.34. The average molecular weight is 305 g/mol. The lowest BCUT2D eigenvalue weighted by molar-refractivity contribution is 0.358. The zero-order chi connectivity index (χ0) is 15.0. The van der Waals surface area contributed by atoms with Gasteiger partial charge in [-0.1, -0.05) is 6.07 Å². The molecule has 0 bridgehead atoms. The van der Waals surface area contributed by atoms with Gasteiger partial charge in [-0.3, -0.25) is 0 Å². The first-order valence-electron chi connectivity index (χ1n) is 6.21. The second-order valence-electron chi connectivity index (χ2n) is 4.62. The van der Waals surface area contributed by atoms with Crippen LogP contribution in [0.2, 0.25) is 0 Å². The number of nitrogens with two attached hydrogens (primary N) is 1. The Balaban J connectivity index is 1.86. The van der Waals surface area contributed by atoms with Gasteiger partial charge in [0.15, 0.2) is 0 Å². The Kier molecular flexibility index (Phi) is 3.17.